The highest BCUT2D eigenvalue weighted by molar-refractivity contribution is 7.89. The molecule has 1 saturated heterocycles. The molecule has 0 aliphatic carbocycles. The Morgan fingerprint density at radius 1 is 1.31 bits per heavy atom. The van der Waals surface area contributed by atoms with Crippen molar-refractivity contribution in [2.24, 2.45) is 5.41 Å². The van der Waals surface area contributed by atoms with Crippen LogP contribution in [0.25, 0.3) is 0 Å². The topological polar surface area (TPSA) is 74.7 Å². The monoisotopic (exact) mass is 249 g/mol. The van der Waals surface area contributed by atoms with E-state index in [4.69, 9.17) is 5.11 Å². The number of aliphatic carboxylic acids is 1. The number of carboxylic acids is 1. The van der Waals surface area contributed by atoms with Gasteiger partial charge in [0.05, 0.1) is 0 Å². The molecule has 0 saturated carbocycles. The molecule has 94 valence electrons. The summed E-state index contributed by atoms with van der Waals surface area (Å²) in [5.74, 6) is -2.09. The number of carbonyl (C=O) groups is 1. The molecule has 1 heterocycles. The summed E-state index contributed by atoms with van der Waals surface area (Å²) in [5.41, 5.74) is 0.146. The van der Waals surface area contributed by atoms with Crippen molar-refractivity contribution >= 4 is 16.0 Å². The third-order valence-corrected chi connectivity index (χ3v) is 4.76. The molecule has 0 aromatic heterocycles. The summed E-state index contributed by atoms with van der Waals surface area (Å²) < 4.78 is 24.7. The first-order valence-electron chi connectivity index (χ1n) is 5.43. The largest absolute Gasteiger partial charge is 0.480 e. The molecule has 0 amide bonds. The molecular weight excluding hydrogens is 230 g/mol. The SMILES string of the molecule is CC1(C)CCCN(S(=O)(=O)CC(=O)O)CC1. The lowest BCUT2D eigenvalue weighted by molar-refractivity contribution is -0.134. The lowest BCUT2D eigenvalue weighted by atomic mass is 9.85. The minimum absolute atomic E-state index is 0.146. The van der Waals surface area contributed by atoms with Crippen molar-refractivity contribution in [2.75, 3.05) is 18.8 Å². The highest BCUT2D eigenvalue weighted by atomic mass is 32.2. The highest BCUT2D eigenvalue weighted by Crippen LogP contribution is 2.30. The van der Waals surface area contributed by atoms with Crippen molar-refractivity contribution in [1.29, 1.82) is 0 Å². The molecule has 0 spiro atoms. The maximum absolute atomic E-state index is 11.7. The van der Waals surface area contributed by atoms with E-state index < -0.39 is 21.7 Å². The molecule has 16 heavy (non-hydrogen) atoms. The predicted molar refractivity (Wildman–Crippen MR) is 60.6 cm³/mol. The smallest absolute Gasteiger partial charge is 0.320 e. The molecule has 0 radical (unpaired) electrons. The van der Waals surface area contributed by atoms with Gasteiger partial charge in [0.1, 0.15) is 0 Å². The van der Waals surface area contributed by atoms with Gasteiger partial charge in [-0.1, -0.05) is 13.8 Å². The minimum Gasteiger partial charge on any atom is -0.480 e. The van der Waals surface area contributed by atoms with Gasteiger partial charge >= 0.3 is 5.97 Å². The quantitative estimate of drug-likeness (QED) is 0.807. The molecule has 1 fully saturated rings. The molecule has 6 heteroatoms. The van der Waals surface area contributed by atoms with Crippen LogP contribution in [-0.4, -0.2) is 42.6 Å². The van der Waals surface area contributed by atoms with Crippen LogP contribution in [0.3, 0.4) is 0 Å². The summed E-state index contributed by atoms with van der Waals surface area (Å²) >= 11 is 0. The molecule has 1 N–H and O–H groups in total. The number of hydrogen-bond donors (Lipinski definition) is 1. The molecule has 0 unspecified atom stereocenters. The van der Waals surface area contributed by atoms with E-state index in [1.165, 1.54) is 4.31 Å². The Bertz CT molecular complexity index is 361. The minimum atomic E-state index is -3.62. The van der Waals surface area contributed by atoms with Gasteiger partial charge in [0.15, 0.2) is 5.75 Å². The average Bonchev–Trinajstić information content (AvgIpc) is 2.24. The molecule has 0 aromatic rings. The second-order valence-electron chi connectivity index (χ2n) is 5.07. The molecule has 0 bridgehead atoms. The zero-order valence-electron chi connectivity index (χ0n) is 9.77. The average molecular weight is 249 g/mol. The van der Waals surface area contributed by atoms with E-state index in [0.717, 1.165) is 19.3 Å². The first kappa shape index (κ1) is 13.4. The Morgan fingerprint density at radius 2 is 1.94 bits per heavy atom. The maximum Gasteiger partial charge on any atom is 0.320 e. The standard InChI is InChI=1S/C10H19NO4S/c1-10(2)4-3-6-11(7-5-10)16(14,15)8-9(12)13/h3-8H2,1-2H3,(H,12,13). The van der Waals surface area contributed by atoms with E-state index in [-0.39, 0.29) is 5.41 Å². The fraction of sp³-hybridized carbons (Fsp3) is 0.900. The van der Waals surface area contributed by atoms with E-state index in [0.29, 0.717) is 13.1 Å². The maximum atomic E-state index is 11.7. The van der Waals surface area contributed by atoms with Crippen molar-refractivity contribution in [3.8, 4) is 0 Å². The van der Waals surface area contributed by atoms with E-state index in [1.807, 2.05) is 0 Å². The van der Waals surface area contributed by atoms with Crippen LogP contribution in [0.4, 0.5) is 0 Å². The Kier molecular flexibility index (Phi) is 3.96. The van der Waals surface area contributed by atoms with Crippen LogP contribution >= 0.6 is 0 Å². The molecule has 5 nitrogen and oxygen atoms in total. The summed E-state index contributed by atoms with van der Waals surface area (Å²) in [6, 6.07) is 0. The van der Waals surface area contributed by atoms with Gasteiger partial charge in [-0.05, 0) is 24.7 Å². The fourth-order valence-electron chi connectivity index (χ4n) is 1.92. The first-order chi connectivity index (χ1) is 7.23. The van der Waals surface area contributed by atoms with Gasteiger partial charge in [0.25, 0.3) is 0 Å². The van der Waals surface area contributed by atoms with E-state index in [2.05, 4.69) is 13.8 Å². The third-order valence-electron chi connectivity index (χ3n) is 3.00. The highest BCUT2D eigenvalue weighted by Gasteiger charge is 2.30. The normalized spacial score (nSPS) is 22.6. The van der Waals surface area contributed by atoms with Crippen LogP contribution in [0.1, 0.15) is 33.1 Å². The van der Waals surface area contributed by atoms with Crippen molar-refractivity contribution in [1.82, 2.24) is 4.31 Å². The van der Waals surface area contributed by atoms with E-state index in [1.54, 1.807) is 0 Å². The van der Waals surface area contributed by atoms with Crippen LogP contribution in [-0.2, 0) is 14.8 Å². The first-order valence-corrected chi connectivity index (χ1v) is 7.03. The second-order valence-corrected chi connectivity index (χ2v) is 7.04. The van der Waals surface area contributed by atoms with Crippen LogP contribution in [0, 0.1) is 5.41 Å². The van der Waals surface area contributed by atoms with Crippen molar-refractivity contribution in [3.63, 3.8) is 0 Å². The third kappa shape index (κ3) is 3.75. The summed E-state index contributed by atoms with van der Waals surface area (Å²) in [6.45, 7) is 5.10. The number of sulfonamides is 1. The molecular formula is C10H19NO4S. The fourth-order valence-corrected chi connectivity index (χ4v) is 3.20. The van der Waals surface area contributed by atoms with Crippen LogP contribution < -0.4 is 0 Å². The van der Waals surface area contributed by atoms with E-state index in [9.17, 15) is 13.2 Å². The summed E-state index contributed by atoms with van der Waals surface area (Å²) in [5, 5.41) is 8.55. The summed E-state index contributed by atoms with van der Waals surface area (Å²) in [6.07, 6.45) is 2.56. The van der Waals surface area contributed by atoms with Crippen LogP contribution in [0.2, 0.25) is 0 Å². The summed E-state index contributed by atoms with van der Waals surface area (Å²) in [4.78, 5) is 10.5. The lowest BCUT2D eigenvalue weighted by Gasteiger charge is -2.22. The van der Waals surface area contributed by atoms with Crippen LogP contribution in [0.15, 0.2) is 0 Å². The lowest BCUT2D eigenvalue weighted by Crippen LogP contribution is -2.36. The van der Waals surface area contributed by atoms with E-state index >= 15 is 0 Å². The zero-order chi connectivity index (χ0) is 12.4. The van der Waals surface area contributed by atoms with Crippen molar-refractivity contribution < 1.29 is 18.3 Å². The Hall–Kier alpha value is -0.620. The molecule has 1 rings (SSSR count). The second kappa shape index (κ2) is 4.71. The Balaban J connectivity index is 2.71. The molecule has 0 atom stereocenters. The summed E-state index contributed by atoms with van der Waals surface area (Å²) in [7, 11) is -3.62. The van der Waals surface area contributed by atoms with Gasteiger partial charge in [-0.2, -0.15) is 0 Å². The molecule has 1 aliphatic heterocycles. The van der Waals surface area contributed by atoms with Gasteiger partial charge in [0.2, 0.25) is 10.0 Å². The Morgan fingerprint density at radius 3 is 2.50 bits per heavy atom. The number of nitrogens with zero attached hydrogens (tertiary/aromatic N) is 1. The molecule has 1 aliphatic rings. The van der Waals surface area contributed by atoms with Crippen LogP contribution in [0.5, 0.6) is 0 Å². The van der Waals surface area contributed by atoms with Gasteiger partial charge < -0.3 is 5.11 Å². The number of rotatable bonds is 3. The molecule has 0 aromatic carbocycles. The van der Waals surface area contributed by atoms with Gasteiger partial charge in [-0.3, -0.25) is 4.79 Å². The van der Waals surface area contributed by atoms with Crippen molar-refractivity contribution in [3.05, 3.63) is 0 Å². The predicted octanol–water partition coefficient (Wildman–Crippen LogP) is 0.913. The van der Waals surface area contributed by atoms with Gasteiger partial charge in [-0.15, -0.1) is 0 Å². The Labute approximate surface area is 96.5 Å². The zero-order valence-corrected chi connectivity index (χ0v) is 10.6. The van der Waals surface area contributed by atoms with Crippen molar-refractivity contribution in [2.45, 2.75) is 33.1 Å². The van der Waals surface area contributed by atoms with Gasteiger partial charge in [0, 0.05) is 13.1 Å². The number of hydrogen-bond acceptors (Lipinski definition) is 3. The number of carboxylic acid groups (broad SMARTS) is 1. The van der Waals surface area contributed by atoms with Gasteiger partial charge in [-0.25, -0.2) is 12.7 Å².